The molecule has 83 valence electrons. The second-order valence-electron chi connectivity index (χ2n) is 4.08. The van der Waals surface area contributed by atoms with Crippen molar-refractivity contribution in [2.24, 2.45) is 0 Å². The third kappa shape index (κ3) is 1.56. The van der Waals surface area contributed by atoms with Crippen LogP contribution in [0.1, 0.15) is 11.1 Å². The van der Waals surface area contributed by atoms with Crippen molar-refractivity contribution in [2.75, 3.05) is 5.32 Å². The lowest BCUT2D eigenvalue weighted by Gasteiger charge is -2.06. The van der Waals surface area contributed by atoms with Crippen molar-refractivity contribution < 1.29 is 9.90 Å². The van der Waals surface area contributed by atoms with E-state index in [0.717, 1.165) is 17.5 Å². The average molecular weight is 224 g/mol. The first-order valence-corrected chi connectivity index (χ1v) is 5.44. The fraction of sp³-hybridized carbons (Fsp3) is 0.0714. The summed E-state index contributed by atoms with van der Waals surface area (Å²) in [6.45, 7) is 0. The van der Waals surface area contributed by atoms with E-state index in [4.69, 9.17) is 0 Å². The van der Waals surface area contributed by atoms with Crippen molar-refractivity contribution in [1.29, 1.82) is 0 Å². The summed E-state index contributed by atoms with van der Waals surface area (Å²) in [4.78, 5) is 10.6. The van der Waals surface area contributed by atoms with Gasteiger partial charge in [0, 0.05) is 12.1 Å². The summed E-state index contributed by atoms with van der Waals surface area (Å²) in [5.41, 5.74) is 5.17. The van der Waals surface area contributed by atoms with Gasteiger partial charge in [-0.2, -0.15) is 0 Å². The van der Waals surface area contributed by atoms with Crippen molar-refractivity contribution in [3.05, 3.63) is 53.6 Å². The van der Waals surface area contributed by atoms with Crippen molar-refractivity contribution in [1.82, 2.24) is 0 Å². The Bertz CT molecular complexity index is 605. The van der Waals surface area contributed by atoms with Crippen LogP contribution in [0.4, 0.5) is 10.5 Å². The molecule has 3 rings (SSSR count). The van der Waals surface area contributed by atoms with Crippen LogP contribution in [0.25, 0.3) is 11.1 Å². The highest BCUT2D eigenvalue weighted by atomic mass is 16.4. The molecule has 3 heteroatoms. The van der Waals surface area contributed by atoms with Crippen molar-refractivity contribution in [2.45, 2.75) is 6.42 Å². The summed E-state index contributed by atoms with van der Waals surface area (Å²) < 4.78 is 0. The quantitative estimate of drug-likeness (QED) is 0.677. The monoisotopic (exact) mass is 224 g/mol. The molecule has 0 spiro atoms. The van der Waals surface area contributed by atoms with E-state index in [9.17, 15) is 9.90 Å². The standard InChI is InChI=1S/C14H10NO2/c16-14(17)15-13-7-3-6-11-10-5-2-1-4-9(10)8-12(11)13/h1-7,15H,8H2. The van der Waals surface area contributed by atoms with Crippen LogP contribution < -0.4 is 5.32 Å². The van der Waals surface area contributed by atoms with Gasteiger partial charge in [-0.05, 0) is 28.3 Å². The van der Waals surface area contributed by atoms with Crippen LogP contribution in [0.2, 0.25) is 0 Å². The molecule has 3 nitrogen and oxygen atoms in total. The minimum absolute atomic E-state index is 0.624. The molecule has 1 radical (unpaired) electrons. The van der Waals surface area contributed by atoms with Crippen LogP contribution >= 0.6 is 0 Å². The highest BCUT2D eigenvalue weighted by Crippen LogP contribution is 2.39. The zero-order valence-corrected chi connectivity index (χ0v) is 9.07. The second kappa shape index (κ2) is 3.63. The number of carbonyl (C=O) groups excluding carboxylic acids is 1. The molecule has 0 fully saturated rings. The molecule has 1 N–H and O–H groups in total. The third-order valence-corrected chi connectivity index (χ3v) is 3.09. The van der Waals surface area contributed by atoms with E-state index in [1.54, 1.807) is 6.07 Å². The van der Waals surface area contributed by atoms with Crippen LogP contribution in [-0.4, -0.2) is 6.09 Å². The molecule has 0 unspecified atom stereocenters. The van der Waals surface area contributed by atoms with Crippen molar-refractivity contribution in [3.8, 4) is 11.1 Å². The summed E-state index contributed by atoms with van der Waals surface area (Å²) in [5.74, 6) is 0. The van der Waals surface area contributed by atoms with Gasteiger partial charge in [-0.15, -0.1) is 0 Å². The topological polar surface area (TPSA) is 49.0 Å². The SMILES string of the molecule is [O]C(=O)Nc1cccc2c1Cc1ccccc1-2. The molecule has 1 aliphatic carbocycles. The molecule has 0 saturated carbocycles. The van der Waals surface area contributed by atoms with Crippen LogP contribution in [0.5, 0.6) is 0 Å². The van der Waals surface area contributed by atoms with Gasteiger partial charge in [0.25, 0.3) is 0 Å². The molecule has 0 atom stereocenters. The Hall–Kier alpha value is -2.29. The molecule has 0 bridgehead atoms. The number of fused-ring (bicyclic) bond motifs is 3. The summed E-state index contributed by atoms with van der Waals surface area (Å²) in [6, 6.07) is 13.7. The van der Waals surface area contributed by atoms with Gasteiger partial charge in [0.15, 0.2) is 0 Å². The summed E-state index contributed by atoms with van der Waals surface area (Å²) in [5, 5.41) is 13.0. The fourth-order valence-electron chi connectivity index (χ4n) is 2.38. The molecular formula is C14H10NO2. The van der Waals surface area contributed by atoms with Crippen LogP contribution in [0.3, 0.4) is 0 Å². The van der Waals surface area contributed by atoms with E-state index in [1.807, 2.05) is 24.3 Å². The molecule has 2 aromatic carbocycles. The van der Waals surface area contributed by atoms with Gasteiger partial charge in [0.1, 0.15) is 0 Å². The smallest absolute Gasteiger partial charge is 0.288 e. The number of benzene rings is 2. The number of rotatable bonds is 1. The maximum Gasteiger partial charge on any atom is 0.454 e. The zero-order valence-electron chi connectivity index (χ0n) is 9.07. The van der Waals surface area contributed by atoms with E-state index in [2.05, 4.69) is 17.4 Å². The Kier molecular flexibility index (Phi) is 2.11. The molecule has 0 saturated heterocycles. The Labute approximate surface area is 98.7 Å². The molecule has 1 aliphatic rings. The third-order valence-electron chi connectivity index (χ3n) is 3.09. The number of amides is 1. The van der Waals surface area contributed by atoms with E-state index in [1.165, 1.54) is 11.1 Å². The van der Waals surface area contributed by atoms with Gasteiger partial charge in [-0.3, -0.25) is 5.32 Å². The first kappa shape index (κ1) is 9.90. The van der Waals surface area contributed by atoms with Gasteiger partial charge in [0.2, 0.25) is 0 Å². The molecule has 0 aliphatic heterocycles. The summed E-state index contributed by atoms with van der Waals surface area (Å²) >= 11 is 0. The average Bonchev–Trinajstić information content (AvgIpc) is 2.68. The van der Waals surface area contributed by atoms with E-state index >= 15 is 0 Å². The molecule has 0 heterocycles. The van der Waals surface area contributed by atoms with E-state index in [0.29, 0.717) is 5.69 Å². The highest BCUT2D eigenvalue weighted by molar-refractivity contribution is 5.89. The van der Waals surface area contributed by atoms with Gasteiger partial charge >= 0.3 is 6.09 Å². The van der Waals surface area contributed by atoms with E-state index in [-0.39, 0.29) is 0 Å². The van der Waals surface area contributed by atoms with Gasteiger partial charge < -0.3 is 0 Å². The first-order valence-electron chi connectivity index (χ1n) is 5.44. The van der Waals surface area contributed by atoms with Crippen LogP contribution in [0.15, 0.2) is 42.5 Å². The van der Waals surface area contributed by atoms with Gasteiger partial charge in [-0.1, -0.05) is 36.4 Å². The molecule has 2 aromatic rings. The number of hydrogen-bond donors (Lipinski definition) is 1. The lowest BCUT2D eigenvalue weighted by molar-refractivity contribution is 0.185. The molecular weight excluding hydrogens is 214 g/mol. The normalized spacial score (nSPS) is 11.8. The number of hydrogen-bond acceptors (Lipinski definition) is 1. The molecule has 0 aromatic heterocycles. The highest BCUT2D eigenvalue weighted by Gasteiger charge is 2.20. The predicted octanol–water partition coefficient (Wildman–Crippen LogP) is 3.22. The van der Waals surface area contributed by atoms with Crippen LogP contribution in [0, 0.1) is 0 Å². The van der Waals surface area contributed by atoms with Gasteiger partial charge in [-0.25, -0.2) is 9.90 Å². The summed E-state index contributed by atoms with van der Waals surface area (Å²) in [6.07, 6.45) is -0.503. The van der Waals surface area contributed by atoms with Crippen LogP contribution in [-0.2, 0) is 11.5 Å². The Morgan fingerprint density at radius 2 is 1.76 bits per heavy atom. The second-order valence-corrected chi connectivity index (χ2v) is 4.08. The Balaban J connectivity index is 2.14. The number of anilines is 1. The minimum Gasteiger partial charge on any atom is -0.288 e. The van der Waals surface area contributed by atoms with Crippen molar-refractivity contribution >= 4 is 11.8 Å². The number of carbonyl (C=O) groups is 1. The summed E-state index contributed by atoms with van der Waals surface area (Å²) in [7, 11) is 0. The first-order chi connectivity index (χ1) is 8.25. The molecule has 17 heavy (non-hydrogen) atoms. The predicted molar refractivity (Wildman–Crippen MR) is 64.4 cm³/mol. The molecule has 1 amide bonds. The lowest BCUT2D eigenvalue weighted by atomic mass is 10.1. The Morgan fingerprint density at radius 1 is 1.00 bits per heavy atom. The largest absolute Gasteiger partial charge is 0.454 e. The van der Waals surface area contributed by atoms with E-state index < -0.39 is 6.09 Å². The maximum absolute atomic E-state index is 10.6. The minimum atomic E-state index is -1.27. The Morgan fingerprint density at radius 3 is 2.59 bits per heavy atom. The zero-order chi connectivity index (χ0) is 11.8. The number of nitrogens with one attached hydrogen (secondary N) is 1. The van der Waals surface area contributed by atoms with Crippen molar-refractivity contribution in [3.63, 3.8) is 0 Å². The maximum atomic E-state index is 10.6. The lowest BCUT2D eigenvalue weighted by Crippen LogP contribution is -2.07. The van der Waals surface area contributed by atoms with Gasteiger partial charge in [0.05, 0.1) is 0 Å². The fourth-order valence-corrected chi connectivity index (χ4v) is 2.38.